The topological polar surface area (TPSA) is 29.3 Å². The van der Waals surface area contributed by atoms with Crippen molar-refractivity contribution >= 4 is 0 Å². The summed E-state index contributed by atoms with van der Waals surface area (Å²) in [5.41, 5.74) is 6.03. The van der Waals surface area contributed by atoms with Crippen LogP contribution in [0, 0.1) is 24.2 Å². The smallest absolute Gasteiger partial charge is 0.0599 e. The molecule has 2 aliphatic rings. The van der Waals surface area contributed by atoms with Gasteiger partial charge in [-0.05, 0) is 43.9 Å². The van der Waals surface area contributed by atoms with Gasteiger partial charge in [-0.15, -0.1) is 6.42 Å². The van der Waals surface area contributed by atoms with E-state index in [1.165, 1.54) is 51.6 Å². The second kappa shape index (κ2) is 5.70. The molecule has 0 heterocycles. The molecule has 2 saturated carbocycles. The van der Waals surface area contributed by atoms with Gasteiger partial charge in [0, 0.05) is 19.1 Å². The highest BCUT2D eigenvalue weighted by molar-refractivity contribution is 4.91. The Balaban J connectivity index is 1.76. The van der Waals surface area contributed by atoms with Crippen LogP contribution < -0.4 is 5.73 Å². The van der Waals surface area contributed by atoms with E-state index in [0.29, 0.717) is 6.04 Å². The largest absolute Gasteiger partial charge is 0.328 e. The Morgan fingerprint density at radius 1 is 1.12 bits per heavy atom. The van der Waals surface area contributed by atoms with Crippen LogP contribution in [-0.4, -0.2) is 30.6 Å². The number of hydrogen-bond acceptors (Lipinski definition) is 2. The Labute approximate surface area is 99.6 Å². The zero-order chi connectivity index (χ0) is 11.4. The average Bonchev–Trinajstić information content (AvgIpc) is 3.02. The molecule has 2 N–H and O–H groups in total. The summed E-state index contributed by atoms with van der Waals surface area (Å²) < 4.78 is 0. The second-order valence-electron chi connectivity index (χ2n) is 5.63. The van der Waals surface area contributed by atoms with Gasteiger partial charge in [0.2, 0.25) is 0 Å². The molecule has 2 unspecified atom stereocenters. The van der Waals surface area contributed by atoms with E-state index >= 15 is 0 Å². The molecule has 0 spiro atoms. The predicted molar refractivity (Wildman–Crippen MR) is 67.9 cm³/mol. The molecule has 2 aliphatic carbocycles. The van der Waals surface area contributed by atoms with Crippen molar-refractivity contribution in [2.75, 3.05) is 19.6 Å². The first kappa shape index (κ1) is 12.0. The van der Waals surface area contributed by atoms with Gasteiger partial charge >= 0.3 is 0 Å². The highest BCUT2D eigenvalue weighted by Gasteiger charge is 2.26. The molecular weight excluding hydrogens is 196 g/mol. The van der Waals surface area contributed by atoms with Crippen LogP contribution in [0.5, 0.6) is 0 Å². The van der Waals surface area contributed by atoms with Crippen molar-refractivity contribution in [1.82, 2.24) is 4.90 Å². The molecule has 2 rings (SSSR count). The van der Waals surface area contributed by atoms with Crippen molar-refractivity contribution in [3.8, 4) is 12.3 Å². The van der Waals surface area contributed by atoms with E-state index in [-0.39, 0.29) is 0 Å². The maximum Gasteiger partial charge on any atom is 0.0599 e. The van der Waals surface area contributed by atoms with Crippen LogP contribution in [0.3, 0.4) is 0 Å². The van der Waals surface area contributed by atoms with Crippen molar-refractivity contribution in [1.29, 1.82) is 0 Å². The molecule has 0 aromatic carbocycles. The van der Waals surface area contributed by atoms with E-state index in [2.05, 4.69) is 10.8 Å². The summed E-state index contributed by atoms with van der Waals surface area (Å²) in [6.45, 7) is 3.21. The summed E-state index contributed by atoms with van der Waals surface area (Å²) in [7, 11) is 0. The van der Waals surface area contributed by atoms with Gasteiger partial charge in [-0.1, -0.05) is 12.3 Å². The third-order valence-electron chi connectivity index (χ3n) is 3.87. The molecule has 0 saturated heterocycles. The molecule has 0 amide bonds. The molecule has 0 bridgehead atoms. The molecule has 16 heavy (non-hydrogen) atoms. The van der Waals surface area contributed by atoms with Gasteiger partial charge in [-0.25, -0.2) is 0 Å². The summed E-state index contributed by atoms with van der Waals surface area (Å²) in [4.78, 5) is 2.47. The summed E-state index contributed by atoms with van der Waals surface area (Å²) in [6.07, 6.45) is 13.3. The van der Waals surface area contributed by atoms with Crippen LogP contribution in [0.15, 0.2) is 0 Å². The van der Waals surface area contributed by atoms with Crippen molar-refractivity contribution in [3.05, 3.63) is 0 Å². The van der Waals surface area contributed by atoms with Crippen molar-refractivity contribution in [2.45, 2.75) is 44.6 Å². The first-order valence-electron chi connectivity index (χ1n) is 6.69. The lowest BCUT2D eigenvalue weighted by molar-refractivity contribution is 0.203. The van der Waals surface area contributed by atoms with Crippen molar-refractivity contribution in [3.63, 3.8) is 0 Å². The third kappa shape index (κ3) is 3.81. The van der Waals surface area contributed by atoms with E-state index in [0.717, 1.165) is 18.4 Å². The van der Waals surface area contributed by atoms with Crippen LogP contribution >= 0.6 is 0 Å². The first-order chi connectivity index (χ1) is 7.78. The Morgan fingerprint density at radius 3 is 2.50 bits per heavy atom. The number of terminal acetylenes is 1. The fourth-order valence-electron chi connectivity index (χ4n) is 2.86. The lowest BCUT2D eigenvalue weighted by Crippen LogP contribution is -2.37. The normalized spacial score (nSPS) is 30.3. The third-order valence-corrected chi connectivity index (χ3v) is 3.87. The Bertz CT molecular complexity index is 252. The molecule has 0 aliphatic heterocycles. The van der Waals surface area contributed by atoms with Crippen molar-refractivity contribution < 1.29 is 0 Å². The minimum atomic E-state index is 0.437. The maximum atomic E-state index is 6.03. The van der Waals surface area contributed by atoms with Crippen LogP contribution in [-0.2, 0) is 0 Å². The van der Waals surface area contributed by atoms with E-state index < -0.39 is 0 Å². The quantitative estimate of drug-likeness (QED) is 0.716. The molecule has 2 atom stereocenters. The average molecular weight is 220 g/mol. The van der Waals surface area contributed by atoms with Crippen LogP contribution in [0.2, 0.25) is 0 Å². The predicted octanol–water partition coefficient (Wildman–Crippen LogP) is 1.85. The zero-order valence-corrected chi connectivity index (χ0v) is 10.2. The second-order valence-corrected chi connectivity index (χ2v) is 5.63. The standard InChI is InChI=1S/C14H24N2/c1-2-8-16(10-12-6-7-12)11-13-4-3-5-14(15)9-13/h1,12-14H,3-11,15H2. The summed E-state index contributed by atoms with van der Waals surface area (Å²) >= 11 is 0. The molecule has 0 aromatic rings. The summed E-state index contributed by atoms with van der Waals surface area (Å²) in [6, 6.07) is 0.437. The van der Waals surface area contributed by atoms with Gasteiger partial charge in [-0.3, -0.25) is 4.90 Å². The highest BCUT2D eigenvalue weighted by Crippen LogP contribution is 2.31. The lowest BCUT2D eigenvalue weighted by atomic mass is 9.86. The van der Waals surface area contributed by atoms with Gasteiger partial charge in [0.25, 0.3) is 0 Å². The van der Waals surface area contributed by atoms with E-state index in [1.54, 1.807) is 0 Å². The molecule has 0 aromatic heterocycles. The SMILES string of the molecule is C#CCN(CC1CC1)CC1CCCC(N)C1. The van der Waals surface area contributed by atoms with Gasteiger partial charge in [0.15, 0.2) is 0 Å². The van der Waals surface area contributed by atoms with E-state index in [1.807, 2.05) is 0 Å². The molecular formula is C14H24N2. The number of nitrogens with zero attached hydrogens (tertiary/aromatic N) is 1. The zero-order valence-electron chi connectivity index (χ0n) is 10.2. The van der Waals surface area contributed by atoms with Crippen LogP contribution in [0.1, 0.15) is 38.5 Å². The van der Waals surface area contributed by atoms with Gasteiger partial charge < -0.3 is 5.73 Å². The number of hydrogen-bond donors (Lipinski definition) is 1. The van der Waals surface area contributed by atoms with E-state index in [4.69, 9.17) is 12.2 Å². The monoisotopic (exact) mass is 220 g/mol. The fraction of sp³-hybridized carbons (Fsp3) is 0.857. The summed E-state index contributed by atoms with van der Waals surface area (Å²) in [5.74, 6) is 4.52. The van der Waals surface area contributed by atoms with Gasteiger partial charge in [0.05, 0.1) is 6.54 Å². The van der Waals surface area contributed by atoms with Crippen LogP contribution in [0.4, 0.5) is 0 Å². The van der Waals surface area contributed by atoms with Gasteiger partial charge in [0.1, 0.15) is 0 Å². The first-order valence-corrected chi connectivity index (χ1v) is 6.69. The molecule has 90 valence electrons. The minimum Gasteiger partial charge on any atom is -0.328 e. The fourth-order valence-corrected chi connectivity index (χ4v) is 2.86. The maximum absolute atomic E-state index is 6.03. The Morgan fingerprint density at radius 2 is 1.88 bits per heavy atom. The summed E-state index contributed by atoms with van der Waals surface area (Å²) in [5, 5.41) is 0. The lowest BCUT2D eigenvalue weighted by Gasteiger charge is -2.31. The minimum absolute atomic E-state index is 0.437. The molecule has 2 nitrogen and oxygen atoms in total. The molecule has 0 radical (unpaired) electrons. The highest BCUT2D eigenvalue weighted by atomic mass is 15.1. The van der Waals surface area contributed by atoms with Crippen molar-refractivity contribution in [2.24, 2.45) is 17.6 Å². The number of nitrogens with two attached hydrogens (primary N) is 1. The molecule has 2 heteroatoms. The van der Waals surface area contributed by atoms with Gasteiger partial charge in [-0.2, -0.15) is 0 Å². The Kier molecular flexibility index (Phi) is 4.26. The Hall–Kier alpha value is -0.520. The van der Waals surface area contributed by atoms with E-state index in [9.17, 15) is 0 Å². The van der Waals surface area contributed by atoms with Crippen LogP contribution in [0.25, 0.3) is 0 Å². The number of rotatable bonds is 5. The molecule has 2 fully saturated rings.